The zero-order chi connectivity index (χ0) is 21.9. The maximum absolute atomic E-state index is 13.1. The topological polar surface area (TPSA) is 84.5 Å². The summed E-state index contributed by atoms with van der Waals surface area (Å²) in [5.74, 6) is -0.594. The fourth-order valence-electron chi connectivity index (χ4n) is 2.77. The number of nitrogens with one attached hydrogen (secondary N) is 2. The molecular weight excluding hydrogens is 407 g/mol. The Labute approximate surface area is 174 Å². The molecule has 0 fully saturated rings. The van der Waals surface area contributed by atoms with E-state index in [4.69, 9.17) is 4.74 Å². The van der Waals surface area contributed by atoms with Crippen molar-refractivity contribution in [2.24, 2.45) is 0 Å². The lowest BCUT2D eigenvalue weighted by molar-refractivity contribution is 0.102. The summed E-state index contributed by atoms with van der Waals surface area (Å²) >= 11 is 0. The average molecular weight is 428 g/mol. The molecule has 156 valence electrons. The first-order chi connectivity index (χ1) is 14.2. The van der Waals surface area contributed by atoms with Gasteiger partial charge in [0.25, 0.3) is 15.9 Å². The lowest BCUT2D eigenvalue weighted by atomic mass is 10.1. The minimum atomic E-state index is -3.98. The van der Waals surface area contributed by atoms with Crippen molar-refractivity contribution in [2.75, 3.05) is 17.1 Å². The summed E-state index contributed by atoms with van der Waals surface area (Å²) in [4.78, 5) is 12.5. The number of ether oxygens (including phenoxy) is 1. The smallest absolute Gasteiger partial charge is 0.262 e. The summed E-state index contributed by atoms with van der Waals surface area (Å²) in [6.45, 7) is 3.88. The Morgan fingerprint density at radius 3 is 2.27 bits per heavy atom. The summed E-state index contributed by atoms with van der Waals surface area (Å²) in [6.07, 6.45) is 0. The standard InChI is InChI=1S/C22H21FN2O4S/c1-14-4-5-16(12-15(14)2)22(26)24-18-8-11-21(29-3)20(13-18)25-30(27,28)19-9-6-17(23)7-10-19/h4-13,25H,1-3H3,(H,24,26). The summed E-state index contributed by atoms with van der Waals surface area (Å²) in [5, 5.41) is 2.75. The normalized spacial score (nSPS) is 11.1. The van der Waals surface area contributed by atoms with Gasteiger partial charge in [0.2, 0.25) is 0 Å². The third kappa shape index (κ3) is 4.77. The average Bonchev–Trinajstić information content (AvgIpc) is 2.70. The molecule has 0 saturated carbocycles. The molecule has 0 unspecified atom stereocenters. The third-order valence-electron chi connectivity index (χ3n) is 4.59. The molecule has 0 spiro atoms. The van der Waals surface area contributed by atoms with E-state index in [1.165, 1.54) is 13.2 Å². The number of aryl methyl sites for hydroxylation is 2. The van der Waals surface area contributed by atoms with Crippen LogP contribution in [0.3, 0.4) is 0 Å². The van der Waals surface area contributed by atoms with E-state index in [-0.39, 0.29) is 22.2 Å². The number of hydrogen-bond acceptors (Lipinski definition) is 4. The van der Waals surface area contributed by atoms with Crippen LogP contribution >= 0.6 is 0 Å². The molecule has 30 heavy (non-hydrogen) atoms. The molecule has 8 heteroatoms. The van der Waals surface area contributed by atoms with Crippen LogP contribution in [0.1, 0.15) is 21.5 Å². The molecule has 0 saturated heterocycles. The molecule has 0 heterocycles. The number of hydrogen-bond donors (Lipinski definition) is 2. The monoisotopic (exact) mass is 428 g/mol. The highest BCUT2D eigenvalue weighted by molar-refractivity contribution is 7.92. The van der Waals surface area contributed by atoms with Crippen molar-refractivity contribution in [1.29, 1.82) is 0 Å². The largest absolute Gasteiger partial charge is 0.495 e. The molecule has 3 aromatic rings. The van der Waals surface area contributed by atoms with Gasteiger partial charge in [-0.15, -0.1) is 0 Å². The zero-order valence-electron chi connectivity index (χ0n) is 16.7. The quantitative estimate of drug-likeness (QED) is 0.605. The van der Waals surface area contributed by atoms with E-state index in [0.717, 1.165) is 35.4 Å². The predicted octanol–water partition coefficient (Wildman–Crippen LogP) is 4.50. The summed E-state index contributed by atoms with van der Waals surface area (Å²) < 4.78 is 46.0. The van der Waals surface area contributed by atoms with Crippen molar-refractivity contribution in [2.45, 2.75) is 18.7 Å². The van der Waals surface area contributed by atoms with Crippen LogP contribution in [0.25, 0.3) is 0 Å². The highest BCUT2D eigenvalue weighted by Crippen LogP contribution is 2.30. The Balaban J connectivity index is 1.87. The van der Waals surface area contributed by atoms with Gasteiger partial charge in [-0.25, -0.2) is 12.8 Å². The van der Waals surface area contributed by atoms with Gasteiger partial charge < -0.3 is 10.1 Å². The molecular formula is C22H21FN2O4S. The van der Waals surface area contributed by atoms with Gasteiger partial charge in [-0.3, -0.25) is 9.52 Å². The van der Waals surface area contributed by atoms with Crippen molar-refractivity contribution >= 4 is 27.3 Å². The second-order valence-electron chi connectivity index (χ2n) is 6.73. The molecule has 3 rings (SSSR count). The number of methoxy groups -OCH3 is 1. The van der Waals surface area contributed by atoms with Crippen molar-refractivity contribution in [3.63, 3.8) is 0 Å². The van der Waals surface area contributed by atoms with Crippen molar-refractivity contribution in [1.82, 2.24) is 0 Å². The fraction of sp³-hybridized carbons (Fsp3) is 0.136. The number of amides is 1. The van der Waals surface area contributed by atoms with Crippen molar-refractivity contribution in [3.05, 3.63) is 83.2 Å². The van der Waals surface area contributed by atoms with Crippen LogP contribution in [0.15, 0.2) is 65.6 Å². The maximum Gasteiger partial charge on any atom is 0.262 e. The minimum Gasteiger partial charge on any atom is -0.495 e. The number of carbonyl (C=O) groups excluding carboxylic acids is 1. The van der Waals surface area contributed by atoms with Gasteiger partial charge >= 0.3 is 0 Å². The Morgan fingerprint density at radius 2 is 1.63 bits per heavy atom. The van der Waals surface area contributed by atoms with Crippen LogP contribution in [0.4, 0.5) is 15.8 Å². The van der Waals surface area contributed by atoms with E-state index in [1.807, 2.05) is 19.9 Å². The molecule has 1 amide bonds. The molecule has 0 aliphatic heterocycles. The molecule has 0 aliphatic carbocycles. The first kappa shape index (κ1) is 21.3. The second kappa shape index (κ2) is 8.54. The van der Waals surface area contributed by atoms with Crippen molar-refractivity contribution in [3.8, 4) is 5.75 Å². The van der Waals surface area contributed by atoms with Gasteiger partial charge in [0.15, 0.2) is 0 Å². The highest BCUT2D eigenvalue weighted by atomic mass is 32.2. The first-order valence-electron chi connectivity index (χ1n) is 9.04. The number of anilines is 2. The van der Waals surface area contributed by atoms with Crippen LogP contribution < -0.4 is 14.8 Å². The molecule has 0 bridgehead atoms. The van der Waals surface area contributed by atoms with E-state index >= 15 is 0 Å². The molecule has 0 atom stereocenters. The van der Waals surface area contributed by atoms with Gasteiger partial charge in [-0.2, -0.15) is 0 Å². The van der Waals surface area contributed by atoms with E-state index in [0.29, 0.717) is 11.3 Å². The Kier molecular flexibility index (Phi) is 6.07. The number of halogens is 1. The van der Waals surface area contributed by atoms with Gasteiger partial charge in [0, 0.05) is 11.3 Å². The Morgan fingerprint density at radius 1 is 0.933 bits per heavy atom. The number of carbonyl (C=O) groups is 1. The lowest BCUT2D eigenvalue weighted by Gasteiger charge is -2.14. The minimum absolute atomic E-state index is 0.101. The Bertz CT molecular complexity index is 1190. The molecule has 0 aromatic heterocycles. The van der Waals surface area contributed by atoms with Gasteiger partial charge in [0.05, 0.1) is 17.7 Å². The van der Waals surface area contributed by atoms with Crippen LogP contribution in [0, 0.1) is 19.7 Å². The number of rotatable bonds is 6. The van der Waals surface area contributed by atoms with Crippen LogP contribution in [-0.4, -0.2) is 21.4 Å². The Hall–Kier alpha value is -3.39. The predicted molar refractivity (Wildman–Crippen MR) is 114 cm³/mol. The van der Waals surface area contributed by atoms with Crippen LogP contribution in [-0.2, 0) is 10.0 Å². The second-order valence-corrected chi connectivity index (χ2v) is 8.41. The summed E-state index contributed by atoms with van der Waals surface area (Å²) in [7, 11) is -2.58. The van der Waals surface area contributed by atoms with E-state index in [1.54, 1.807) is 24.3 Å². The van der Waals surface area contributed by atoms with Gasteiger partial charge in [0.1, 0.15) is 11.6 Å². The van der Waals surface area contributed by atoms with E-state index < -0.39 is 15.8 Å². The molecule has 2 N–H and O–H groups in total. The van der Waals surface area contributed by atoms with Gasteiger partial charge in [-0.05, 0) is 79.6 Å². The number of sulfonamides is 1. The maximum atomic E-state index is 13.1. The third-order valence-corrected chi connectivity index (χ3v) is 5.98. The molecule has 0 aliphatic rings. The van der Waals surface area contributed by atoms with E-state index in [2.05, 4.69) is 10.0 Å². The molecule has 6 nitrogen and oxygen atoms in total. The van der Waals surface area contributed by atoms with Gasteiger partial charge in [-0.1, -0.05) is 6.07 Å². The van der Waals surface area contributed by atoms with Crippen molar-refractivity contribution < 1.29 is 22.3 Å². The molecule has 0 radical (unpaired) electrons. The van der Waals surface area contributed by atoms with Crippen LogP contribution in [0.5, 0.6) is 5.75 Å². The first-order valence-corrected chi connectivity index (χ1v) is 10.5. The summed E-state index contributed by atoms with van der Waals surface area (Å²) in [6, 6.07) is 14.4. The SMILES string of the molecule is COc1ccc(NC(=O)c2ccc(C)c(C)c2)cc1NS(=O)(=O)c1ccc(F)cc1. The lowest BCUT2D eigenvalue weighted by Crippen LogP contribution is -2.15. The fourth-order valence-corrected chi connectivity index (χ4v) is 3.83. The number of benzene rings is 3. The zero-order valence-corrected chi connectivity index (χ0v) is 17.5. The van der Waals surface area contributed by atoms with Crippen LogP contribution in [0.2, 0.25) is 0 Å². The summed E-state index contributed by atoms with van der Waals surface area (Å²) in [5.41, 5.74) is 3.08. The molecule has 3 aromatic carbocycles. The highest BCUT2D eigenvalue weighted by Gasteiger charge is 2.18. The van der Waals surface area contributed by atoms with E-state index in [9.17, 15) is 17.6 Å².